The Morgan fingerprint density at radius 1 is 1.75 bits per heavy atom. The molecule has 0 aliphatic rings. The van der Waals surface area contributed by atoms with Crippen molar-refractivity contribution in [1.82, 2.24) is 9.78 Å². The summed E-state index contributed by atoms with van der Waals surface area (Å²) in [5.74, 6) is -0.467. The van der Waals surface area contributed by atoms with Gasteiger partial charge in [0.1, 0.15) is 12.2 Å². The second-order valence-electron chi connectivity index (χ2n) is 3.18. The number of carbonyl (C=O) groups excluding carboxylic acids is 1. The van der Waals surface area contributed by atoms with Crippen LogP contribution in [-0.2, 0) is 16.6 Å². The van der Waals surface area contributed by atoms with Gasteiger partial charge in [0.05, 0.1) is 12.0 Å². The number of esters is 1. The SMILES string of the molecule is COC(=O)C(C)Nc1nn(C)cc1[N+](=O)[O-]. The van der Waals surface area contributed by atoms with E-state index < -0.39 is 16.9 Å². The maximum atomic E-state index is 11.1. The van der Waals surface area contributed by atoms with Crippen LogP contribution in [0.4, 0.5) is 11.5 Å². The summed E-state index contributed by atoms with van der Waals surface area (Å²) in [7, 11) is 2.80. The summed E-state index contributed by atoms with van der Waals surface area (Å²) in [6.45, 7) is 1.53. The van der Waals surface area contributed by atoms with Crippen LogP contribution in [0.1, 0.15) is 6.92 Å². The fourth-order valence-corrected chi connectivity index (χ4v) is 1.15. The van der Waals surface area contributed by atoms with E-state index in [1.54, 1.807) is 7.05 Å². The highest BCUT2D eigenvalue weighted by molar-refractivity contribution is 5.79. The molecule has 1 aromatic rings. The van der Waals surface area contributed by atoms with Crippen molar-refractivity contribution in [3.05, 3.63) is 16.3 Å². The second kappa shape index (κ2) is 4.60. The van der Waals surface area contributed by atoms with E-state index >= 15 is 0 Å². The molecule has 8 nitrogen and oxygen atoms in total. The Hall–Kier alpha value is -2.12. The lowest BCUT2D eigenvalue weighted by molar-refractivity contribution is -0.384. The van der Waals surface area contributed by atoms with Crippen molar-refractivity contribution < 1.29 is 14.5 Å². The van der Waals surface area contributed by atoms with E-state index in [2.05, 4.69) is 15.2 Å². The lowest BCUT2D eigenvalue weighted by atomic mass is 10.3. The van der Waals surface area contributed by atoms with Crippen molar-refractivity contribution in [3.8, 4) is 0 Å². The van der Waals surface area contributed by atoms with Gasteiger partial charge in [0.15, 0.2) is 0 Å². The number of hydrogen-bond donors (Lipinski definition) is 1. The average molecular weight is 228 g/mol. The number of carbonyl (C=O) groups is 1. The second-order valence-corrected chi connectivity index (χ2v) is 3.18. The molecular formula is C8H12N4O4. The molecule has 0 fully saturated rings. The van der Waals surface area contributed by atoms with Crippen molar-refractivity contribution in [1.29, 1.82) is 0 Å². The highest BCUT2D eigenvalue weighted by Crippen LogP contribution is 2.22. The van der Waals surface area contributed by atoms with Crippen molar-refractivity contribution in [2.45, 2.75) is 13.0 Å². The normalized spacial score (nSPS) is 11.9. The Kier molecular flexibility index (Phi) is 3.44. The van der Waals surface area contributed by atoms with Crippen LogP contribution < -0.4 is 5.32 Å². The van der Waals surface area contributed by atoms with Crippen molar-refractivity contribution in [3.63, 3.8) is 0 Å². The van der Waals surface area contributed by atoms with Gasteiger partial charge in [-0.1, -0.05) is 0 Å². The monoisotopic (exact) mass is 228 g/mol. The summed E-state index contributed by atoms with van der Waals surface area (Å²) in [6, 6.07) is -0.696. The molecule has 0 aliphatic heterocycles. The number of nitro groups is 1. The third kappa shape index (κ3) is 2.47. The van der Waals surface area contributed by atoms with Gasteiger partial charge in [-0.15, -0.1) is 5.10 Å². The molecular weight excluding hydrogens is 216 g/mol. The van der Waals surface area contributed by atoms with Gasteiger partial charge in [-0.25, -0.2) is 4.79 Å². The van der Waals surface area contributed by atoms with Crippen molar-refractivity contribution in [2.24, 2.45) is 7.05 Å². The number of nitrogens with one attached hydrogen (secondary N) is 1. The van der Waals surface area contributed by atoms with Gasteiger partial charge in [-0.2, -0.15) is 0 Å². The standard InChI is InChI=1S/C8H12N4O4/c1-5(8(13)16-3)9-7-6(12(14)15)4-11(2)10-7/h4-5H,1-3H3,(H,9,10). The molecule has 1 N–H and O–H groups in total. The zero-order valence-electron chi connectivity index (χ0n) is 9.13. The molecule has 1 atom stereocenters. The summed E-state index contributed by atoms with van der Waals surface area (Å²) in [4.78, 5) is 21.2. The first kappa shape index (κ1) is 12.0. The molecule has 0 spiro atoms. The van der Waals surface area contributed by atoms with Gasteiger partial charge in [0.2, 0.25) is 5.82 Å². The fourth-order valence-electron chi connectivity index (χ4n) is 1.15. The molecule has 0 aromatic carbocycles. The molecule has 0 saturated heterocycles. The smallest absolute Gasteiger partial charge is 0.330 e. The number of rotatable bonds is 4. The summed E-state index contributed by atoms with van der Waals surface area (Å²) >= 11 is 0. The quantitative estimate of drug-likeness (QED) is 0.452. The first-order valence-electron chi connectivity index (χ1n) is 4.48. The number of anilines is 1. The van der Waals surface area contributed by atoms with Gasteiger partial charge >= 0.3 is 11.7 Å². The predicted octanol–water partition coefficient (Wildman–Crippen LogP) is 0.302. The number of methoxy groups -OCH3 is 1. The number of ether oxygens (including phenoxy) is 1. The van der Waals surface area contributed by atoms with Crippen LogP contribution in [0.15, 0.2) is 6.20 Å². The van der Waals surface area contributed by atoms with E-state index in [1.807, 2.05) is 0 Å². The largest absolute Gasteiger partial charge is 0.467 e. The number of hydrogen-bond acceptors (Lipinski definition) is 6. The first-order chi connectivity index (χ1) is 7.45. The molecule has 1 unspecified atom stereocenters. The maximum absolute atomic E-state index is 11.1. The number of nitrogens with zero attached hydrogens (tertiary/aromatic N) is 3. The van der Waals surface area contributed by atoms with Crippen LogP contribution in [0.3, 0.4) is 0 Å². The Labute approximate surface area is 91.3 Å². The van der Waals surface area contributed by atoms with Gasteiger partial charge in [0.25, 0.3) is 0 Å². The predicted molar refractivity (Wildman–Crippen MR) is 55.0 cm³/mol. The Bertz CT molecular complexity index is 414. The Balaban J connectivity index is 2.88. The summed E-state index contributed by atoms with van der Waals surface area (Å²) in [6.07, 6.45) is 1.26. The Morgan fingerprint density at radius 2 is 2.38 bits per heavy atom. The zero-order valence-corrected chi connectivity index (χ0v) is 9.13. The zero-order chi connectivity index (χ0) is 12.3. The van der Waals surface area contributed by atoms with Crippen molar-refractivity contribution in [2.75, 3.05) is 12.4 Å². The van der Waals surface area contributed by atoms with E-state index in [9.17, 15) is 14.9 Å². The maximum Gasteiger partial charge on any atom is 0.330 e. The van der Waals surface area contributed by atoms with E-state index in [0.29, 0.717) is 0 Å². The minimum atomic E-state index is -0.696. The molecule has 0 saturated carbocycles. The van der Waals surface area contributed by atoms with Crippen LogP contribution in [0, 0.1) is 10.1 Å². The van der Waals surface area contributed by atoms with E-state index in [1.165, 1.54) is 24.9 Å². The molecule has 0 bridgehead atoms. The molecule has 0 radical (unpaired) electrons. The molecule has 88 valence electrons. The van der Waals surface area contributed by atoms with Gasteiger partial charge in [-0.05, 0) is 6.92 Å². The summed E-state index contributed by atoms with van der Waals surface area (Å²) < 4.78 is 5.78. The summed E-state index contributed by atoms with van der Waals surface area (Å²) in [5, 5.41) is 17.1. The molecule has 16 heavy (non-hydrogen) atoms. The molecule has 0 aliphatic carbocycles. The number of aryl methyl sites for hydroxylation is 1. The van der Waals surface area contributed by atoms with Crippen molar-refractivity contribution >= 4 is 17.5 Å². The third-order valence-corrected chi connectivity index (χ3v) is 1.91. The highest BCUT2D eigenvalue weighted by Gasteiger charge is 2.22. The molecule has 0 amide bonds. The third-order valence-electron chi connectivity index (χ3n) is 1.91. The Morgan fingerprint density at radius 3 is 2.88 bits per heavy atom. The van der Waals surface area contributed by atoms with Crippen LogP contribution in [0.25, 0.3) is 0 Å². The lowest BCUT2D eigenvalue weighted by Gasteiger charge is -2.09. The number of aromatic nitrogens is 2. The first-order valence-corrected chi connectivity index (χ1v) is 4.48. The van der Waals surface area contributed by atoms with Gasteiger partial charge < -0.3 is 10.1 Å². The molecule has 8 heteroatoms. The van der Waals surface area contributed by atoms with Gasteiger partial charge in [0, 0.05) is 7.05 Å². The minimum absolute atomic E-state index is 0.0467. The van der Waals surface area contributed by atoms with E-state index in [0.717, 1.165) is 0 Å². The fraction of sp³-hybridized carbons (Fsp3) is 0.500. The molecule has 1 heterocycles. The lowest BCUT2D eigenvalue weighted by Crippen LogP contribution is -2.27. The van der Waals surface area contributed by atoms with E-state index in [-0.39, 0.29) is 11.5 Å². The molecule has 1 aromatic heterocycles. The topological polar surface area (TPSA) is 99.3 Å². The average Bonchev–Trinajstić information content (AvgIpc) is 2.58. The van der Waals surface area contributed by atoms with E-state index in [4.69, 9.17) is 0 Å². The van der Waals surface area contributed by atoms with Crippen LogP contribution in [-0.4, -0.2) is 33.8 Å². The van der Waals surface area contributed by atoms with Crippen LogP contribution in [0.2, 0.25) is 0 Å². The van der Waals surface area contributed by atoms with Crippen LogP contribution in [0.5, 0.6) is 0 Å². The minimum Gasteiger partial charge on any atom is -0.467 e. The van der Waals surface area contributed by atoms with Crippen LogP contribution >= 0.6 is 0 Å². The molecule has 1 rings (SSSR count). The highest BCUT2D eigenvalue weighted by atomic mass is 16.6. The summed E-state index contributed by atoms with van der Waals surface area (Å²) in [5.41, 5.74) is -0.182. The van der Waals surface area contributed by atoms with Gasteiger partial charge in [-0.3, -0.25) is 14.8 Å².